The Kier molecular flexibility index (Phi) is 4.91. The van der Waals surface area contributed by atoms with Crippen molar-refractivity contribution in [2.45, 2.75) is 44.2 Å². The van der Waals surface area contributed by atoms with Gasteiger partial charge < -0.3 is 19.9 Å². The first-order valence-corrected chi connectivity index (χ1v) is 8.15. The Balaban J connectivity index is 1.35. The molecule has 0 aromatic heterocycles. The van der Waals surface area contributed by atoms with E-state index in [0.717, 1.165) is 32.1 Å². The van der Waals surface area contributed by atoms with Crippen LogP contribution in [-0.4, -0.2) is 73.7 Å². The van der Waals surface area contributed by atoms with Gasteiger partial charge in [0.05, 0.1) is 13.2 Å². The number of hydrogen-bond donors (Lipinski definition) is 1. The number of carbonyl (C=O) groups is 1. The highest BCUT2D eigenvalue weighted by Crippen LogP contribution is 2.20. The largest absolute Gasteiger partial charge is 0.378 e. The van der Waals surface area contributed by atoms with Gasteiger partial charge in [0.1, 0.15) is 0 Å². The van der Waals surface area contributed by atoms with Crippen LogP contribution in [0.15, 0.2) is 0 Å². The second-order valence-electron chi connectivity index (χ2n) is 6.32. The van der Waals surface area contributed by atoms with Gasteiger partial charge in [-0.2, -0.15) is 0 Å². The highest BCUT2D eigenvalue weighted by Gasteiger charge is 2.29. The maximum Gasteiger partial charge on any atom is 0.222 e. The van der Waals surface area contributed by atoms with E-state index >= 15 is 0 Å². The highest BCUT2D eigenvalue weighted by molar-refractivity contribution is 5.76. The van der Waals surface area contributed by atoms with E-state index in [-0.39, 0.29) is 0 Å². The number of nitrogens with one attached hydrogen (secondary N) is 1. The lowest BCUT2D eigenvalue weighted by Crippen LogP contribution is -2.41. The minimum absolute atomic E-state index is 0.308. The first-order chi connectivity index (χ1) is 9.81. The second-order valence-corrected chi connectivity index (χ2v) is 6.32. The van der Waals surface area contributed by atoms with E-state index in [1.54, 1.807) is 0 Å². The summed E-state index contributed by atoms with van der Waals surface area (Å²) < 4.78 is 5.28. The Bertz CT molecular complexity index is 331. The molecule has 1 N–H and O–H groups in total. The van der Waals surface area contributed by atoms with Crippen LogP contribution in [0.1, 0.15) is 32.1 Å². The number of likely N-dealkylation sites (tertiary alicyclic amines) is 1. The zero-order valence-electron chi connectivity index (χ0n) is 12.4. The van der Waals surface area contributed by atoms with Crippen LogP contribution < -0.4 is 5.32 Å². The van der Waals surface area contributed by atoms with Crippen molar-refractivity contribution in [2.75, 3.05) is 45.9 Å². The molecule has 0 aromatic carbocycles. The zero-order valence-corrected chi connectivity index (χ0v) is 12.4. The van der Waals surface area contributed by atoms with E-state index in [2.05, 4.69) is 10.2 Å². The fraction of sp³-hybridized carbons (Fsp3) is 0.933. The van der Waals surface area contributed by atoms with Gasteiger partial charge in [-0.15, -0.1) is 0 Å². The van der Waals surface area contributed by atoms with E-state index in [1.165, 1.54) is 32.4 Å². The molecule has 3 saturated heterocycles. The lowest BCUT2D eigenvalue weighted by Gasteiger charge is -2.28. The third-order valence-electron chi connectivity index (χ3n) is 4.84. The third kappa shape index (κ3) is 3.71. The number of nitrogens with zero attached hydrogens (tertiary/aromatic N) is 2. The average Bonchev–Trinajstić information content (AvgIpc) is 2.82. The summed E-state index contributed by atoms with van der Waals surface area (Å²) in [5, 5.41) is 3.70. The molecule has 5 nitrogen and oxygen atoms in total. The SMILES string of the molecule is O=C(CCCN1CCC2CCC(C1)N2)N1CCOCC1. The predicted molar refractivity (Wildman–Crippen MR) is 77.6 cm³/mol. The standard InChI is InChI=1S/C15H27N3O2/c19-15(18-8-10-20-11-9-18)2-1-6-17-7-5-13-3-4-14(12-17)16-13/h13-14,16H,1-12H2. The van der Waals surface area contributed by atoms with Crippen LogP contribution in [0.25, 0.3) is 0 Å². The summed E-state index contributed by atoms with van der Waals surface area (Å²) >= 11 is 0. The van der Waals surface area contributed by atoms with Crippen LogP contribution in [0.3, 0.4) is 0 Å². The van der Waals surface area contributed by atoms with Crippen LogP contribution in [0.2, 0.25) is 0 Å². The lowest BCUT2D eigenvalue weighted by molar-refractivity contribution is -0.135. The van der Waals surface area contributed by atoms with Crippen molar-refractivity contribution in [2.24, 2.45) is 0 Å². The number of morpholine rings is 1. The summed E-state index contributed by atoms with van der Waals surface area (Å²) in [7, 11) is 0. The Morgan fingerprint density at radius 2 is 1.90 bits per heavy atom. The molecular formula is C15H27N3O2. The topological polar surface area (TPSA) is 44.8 Å². The van der Waals surface area contributed by atoms with Gasteiger partial charge in [-0.25, -0.2) is 0 Å². The van der Waals surface area contributed by atoms with Crippen LogP contribution >= 0.6 is 0 Å². The molecule has 0 aromatic rings. The van der Waals surface area contributed by atoms with Crippen molar-refractivity contribution in [3.05, 3.63) is 0 Å². The van der Waals surface area contributed by atoms with Gasteiger partial charge in [-0.3, -0.25) is 4.79 Å². The van der Waals surface area contributed by atoms with Gasteiger partial charge in [0.25, 0.3) is 0 Å². The molecule has 0 aliphatic carbocycles. The van der Waals surface area contributed by atoms with Crippen molar-refractivity contribution in [3.8, 4) is 0 Å². The van der Waals surface area contributed by atoms with E-state index in [9.17, 15) is 4.79 Å². The van der Waals surface area contributed by atoms with Crippen molar-refractivity contribution >= 4 is 5.91 Å². The average molecular weight is 281 g/mol. The molecule has 0 radical (unpaired) electrons. The highest BCUT2D eigenvalue weighted by atomic mass is 16.5. The van der Waals surface area contributed by atoms with Crippen molar-refractivity contribution < 1.29 is 9.53 Å². The smallest absolute Gasteiger partial charge is 0.222 e. The van der Waals surface area contributed by atoms with Gasteiger partial charge >= 0.3 is 0 Å². The second kappa shape index (κ2) is 6.87. The Morgan fingerprint density at radius 1 is 1.10 bits per heavy atom. The molecule has 3 aliphatic rings. The summed E-state index contributed by atoms with van der Waals surface area (Å²) in [5.41, 5.74) is 0. The maximum absolute atomic E-state index is 12.1. The van der Waals surface area contributed by atoms with Crippen molar-refractivity contribution in [3.63, 3.8) is 0 Å². The van der Waals surface area contributed by atoms with E-state index < -0.39 is 0 Å². The summed E-state index contributed by atoms with van der Waals surface area (Å²) in [6, 6.07) is 1.44. The first kappa shape index (κ1) is 14.3. The van der Waals surface area contributed by atoms with Gasteiger partial charge in [-0.05, 0) is 38.8 Å². The van der Waals surface area contributed by atoms with Crippen LogP contribution in [0.4, 0.5) is 0 Å². The molecule has 0 saturated carbocycles. The van der Waals surface area contributed by atoms with Crippen LogP contribution in [-0.2, 0) is 9.53 Å². The third-order valence-corrected chi connectivity index (χ3v) is 4.84. The predicted octanol–water partition coefficient (Wildman–Crippen LogP) is 0.452. The minimum atomic E-state index is 0.308. The summed E-state index contributed by atoms with van der Waals surface area (Å²) in [6.45, 7) is 6.38. The monoisotopic (exact) mass is 281 g/mol. The number of hydrogen-bond acceptors (Lipinski definition) is 4. The Labute approximate surface area is 121 Å². The minimum Gasteiger partial charge on any atom is -0.378 e. The van der Waals surface area contributed by atoms with E-state index in [0.29, 0.717) is 31.6 Å². The number of ether oxygens (including phenoxy) is 1. The Morgan fingerprint density at radius 3 is 2.75 bits per heavy atom. The molecular weight excluding hydrogens is 254 g/mol. The fourth-order valence-corrected chi connectivity index (χ4v) is 3.64. The molecule has 3 fully saturated rings. The normalized spacial score (nSPS) is 31.3. The zero-order chi connectivity index (χ0) is 13.8. The molecule has 2 atom stereocenters. The lowest BCUT2D eigenvalue weighted by atomic mass is 10.1. The molecule has 5 heteroatoms. The van der Waals surface area contributed by atoms with E-state index in [4.69, 9.17) is 4.74 Å². The summed E-state index contributed by atoms with van der Waals surface area (Å²) in [6.07, 6.45) is 5.64. The van der Waals surface area contributed by atoms with Crippen molar-refractivity contribution in [1.29, 1.82) is 0 Å². The molecule has 114 valence electrons. The Hall–Kier alpha value is -0.650. The molecule has 1 amide bonds. The molecule has 3 heterocycles. The molecule has 2 bridgehead atoms. The quantitative estimate of drug-likeness (QED) is 0.813. The first-order valence-electron chi connectivity index (χ1n) is 8.15. The van der Waals surface area contributed by atoms with Gasteiger partial charge in [0.15, 0.2) is 0 Å². The number of carbonyl (C=O) groups excluding carboxylic acids is 1. The fourth-order valence-electron chi connectivity index (χ4n) is 3.64. The summed E-state index contributed by atoms with van der Waals surface area (Å²) in [4.78, 5) is 16.6. The van der Waals surface area contributed by atoms with E-state index in [1.807, 2.05) is 4.90 Å². The summed E-state index contributed by atoms with van der Waals surface area (Å²) in [5.74, 6) is 0.308. The van der Waals surface area contributed by atoms with Crippen LogP contribution in [0, 0.1) is 0 Å². The molecule has 3 rings (SSSR count). The number of fused-ring (bicyclic) bond motifs is 2. The number of amides is 1. The van der Waals surface area contributed by atoms with Gasteiger partial charge in [-0.1, -0.05) is 0 Å². The molecule has 2 unspecified atom stereocenters. The van der Waals surface area contributed by atoms with Crippen molar-refractivity contribution in [1.82, 2.24) is 15.1 Å². The molecule has 20 heavy (non-hydrogen) atoms. The number of rotatable bonds is 4. The molecule has 0 spiro atoms. The maximum atomic E-state index is 12.1. The van der Waals surface area contributed by atoms with Crippen LogP contribution in [0.5, 0.6) is 0 Å². The van der Waals surface area contributed by atoms with Gasteiger partial charge in [0, 0.05) is 38.1 Å². The van der Waals surface area contributed by atoms with Gasteiger partial charge in [0.2, 0.25) is 5.91 Å². The molecule has 3 aliphatic heterocycles.